The van der Waals surface area contributed by atoms with Gasteiger partial charge in [-0.05, 0) is 177 Å². The van der Waals surface area contributed by atoms with E-state index in [1.807, 2.05) is 109 Å². The van der Waals surface area contributed by atoms with E-state index in [0.717, 1.165) is 88.8 Å². The monoisotopic (exact) mass is 1240 g/mol. The second-order valence-corrected chi connectivity index (χ2v) is 23.1. The second kappa shape index (κ2) is 26.0. The van der Waals surface area contributed by atoms with E-state index in [-0.39, 0.29) is 0 Å². The lowest BCUT2D eigenvalue weighted by atomic mass is 9.77. The molecule has 93 heavy (non-hydrogen) atoms. The van der Waals surface area contributed by atoms with Crippen molar-refractivity contribution in [3.8, 4) is 90.3 Å². The molecule has 0 unspecified atom stereocenters. The van der Waals surface area contributed by atoms with Gasteiger partial charge in [0.25, 0.3) is 0 Å². The van der Waals surface area contributed by atoms with E-state index < -0.39 is 7.12 Å². The molecule has 0 radical (unpaired) electrons. The van der Waals surface area contributed by atoms with Gasteiger partial charge in [0.2, 0.25) is 0 Å². The minimum absolute atomic E-state index is 0.459. The molecule has 14 aromatic carbocycles. The van der Waals surface area contributed by atoms with Crippen molar-refractivity contribution in [3.05, 3.63) is 318 Å². The summed E-state index contributed by atoms with van der Waals surface area (Å²) in [5.41, 5.74) is 20.1. The highest BCUT2D eigenvalue weighted by atomic mass is 35.5. The van der Waals surface area contributed by atoms with Crippen LogP contribution in [0.3, 0.4) is 0 Å². The minimum Gasteiger partial charge on any atom is -0.423 e. The lowest BCUT2D eigenvalue weighted by Crippen LogP contribution is -2.30. The summed E-state index contributed by atoms with van der Waals surface area (Å²) >= 11 is 12.1. The summed E-state index contributed by atoms with van der Waals surface area (Å²) < 4.78 is 0. The van der Waals surface area contributed by atoms with E-state index in [9.17, 15) is 0 Å². The van der Waals surface area contributed by atoms with Gasteiger partial charge in [0.1, 0.15) is 22.1 Å². The molecule has 0 spiro atoms. The quantitative estimate of drug-likeness (QED) is 0.136. The van der Waals surface area contributed by atoms with Gasteiger partial charge < -0.3 is 10.0 Å². The van der Waals surface area contributed by atoms with E-state index in [1.54, 1.807) is 27.8 Å². The van der Waals surface area contributed by atoms with E-state index >= 15 is 0 Å². The Balaban J connectivity index is 0.000000144. The summed E-state index contributed by atoms with van der Waals surface area (Å²) in [7, 11) is -1.40. The summed E-state index contributed by atoms with van der Waals surface area (Å²) in [6.07, 6.45) is 0. The maximum Gasteiger partial charge on any atom is 0.489 e. The molecule has 10 nitrogen and oxygen atoms in total. The Morgan fingerprint density at radius 3 is 0.925 bits per heavy atom. The summed E-state index contributed by atoms with van der Waals surface area (Å²) in [4.78, 5) is 3.32. The molecule has 0 aliphatic heterocycles. The number of aromatic nitrogens is 6. The summed E-state index contributed by atoms with van der Waals surface area (Å²) in [6, 6.07) is 104. The van der Waals surface area contributed by atoms with Gasteiger partial charge in [-0.25, -0.2) is 0 Å². The molecule has 2 aromatic heterocycles. The Bertz CT molecular complexity index is 5340. The van der Waals surface area contributed by atoms with Crippen LogP contribution >= 0.6 is 23.2 Å². The zero-order valence-electron chi connectivity index (χ0n) is 49.6. The average molecular weight is 1240 g/mol. The normalized spacial score (nSPS) is 11.0. The maximum absolute atomic E-state index is 9.10. The highest BCUT2D eigenvalue weighted by molar-refractivity contribution is 6.62. The molecule has 2 N–H and O–H groups in total. The molecule has 0 aliphatic rings. The summed E-state index contributed by atoms with van der Waals surface area (Å²) in [5, 5.41) is 62.8. The Morgan fingerprint density at radius 2 is 0.581 bits per heavy atom. The van der Waals surface area contributed by atoms with Crippen molar-refractivity contribution in [2.24, 2.45) is 0 Å². The molecule has 16 aromatic rings. The molecule has 13 heteroatoms. The van der Waals surface area contributed by atoms with E-state index in [2.05, 4.69) is 192 Å². The summed E-state index contributed by atoms with van der Waals surface area (Å²) in [6.45, 7) is 0. The lowest BCUT2D eigenvalue weighted by molar-refractivity contribution is 0.426. The Morgan fingerprint density at radius 1 is 0.301 bits per heavy atom. The van der Waals surface area contributed by atoms with Crippen molar-refractivity contribution in [3.63, 3.8) is 0 Å². The van der Waals surface area contributed by atoms with Crippen molar-refractivity contribution in [2.75, 3.05) is 0 Å². The van der Waals surface area contributed by atoms with Gasteiger partial charge >= 0.3 is 7.12 Å². The SMILES string of the molecule is N#Cc1ccc(-c2ccc(-c3ccc(-n4nc5cc(-c6cccc7ccccc67)c(-c6cccc7ccccc67)cc5n4)cc3)cc2)cc1.N#Cc1ccc(-c2ccc(-c3ccc(-n4nc5cc(Cl)c(Cl)cc5n4)cc3)cc2)cc1.OB(O)c1cccc2ccccc12. The fraction of sp³-hybridized carbons (Fsp3) is 0. The van der Waals surface area contributed by atoms with Crippen LogP contribution < -0.4 is 5.46 Å². The Labute approximate surface area is 546 Å². The number of hydrogen-bond donors (Lipinski definition) is 2. The van der Waals surface area contributed by atoms with Crippen molar-refractivity contribution in [2.45, 2.75) is 0 Å². The average Bonchev–Trinajstić information content (AvgIpc) is 1.36. The van der Waals surface area contributed by atoms with Crippen LogP contribution in [0.4, 0.5) is 0 Å². The summed E-state index contributed by atoms with van der Waals surface area (Å²) in [5.74, 6) is 0. The fourth-order valence-corrected chi connectivity index (χ4v) is 12.0. The van der Waals surface area contributed by atoms with Crippen LogP contribution in [0.25, 0.3) is 133 Å². The Kier molecular flexibility index (Phi) is 16.4. The van der Waals surface area contributed by atoms with Crippen LogP contribution in [0.2, 0.25) is 10.0 Å². The van der Waals surface area contributed by atoms with Crippen LogP contribution in [-0.4, -0.2) is 47.2 Å². The van der Waals surface area contributed by atoms with E-state index in [4.69, 9.17) is 54.0 Å². The standard InChI is InChI=1S/C45H28N4.C25H14Cl2N4.C10H9BO2/c46-29-30-15-17-31(18-16-30)32-19-21-33(22-20-32)34-23-25-37(26-24-34)49-47-44-27-42(40-13-5-9-35-7-1-3-11-38(35)40)43(28-45(44)48-49)41-14-6-10-36-8-2-4-12-39(36)41;26-22-13-24-25(14-23(22)27)30-31(29-24)21-11-9-20(10-12-21)19-7-5-18(6-8-19)17-3-1-16(15-28)2-4-17;12-11(13)10-7-3-5-8-4-1-2-6-9(8)10/h1-28H;1-14H;1-7,12-13H. The molecule has 0 aliphatic carbocycles. The molecule has 0 amide bonds. The van der Waals surface area contributed by atoms with E-state index in [1.165, 1.54) is 32.7 Å². The molecule has 0 saturated carbocycles. The Hall–Kier alpha value is -11.8. The van der Waals surface area contributed by atoms with Gasteiger partial charge in [0.05, 0.1) is 44.7 Å². The van der Waals surface area contributed by atoms with Crippen molar-refractivity contribution in [1.29, 1.82) is 10.5 Å². The predicted molar refractivity (Wildman–Crippen MR) is 379 cm³/mol. The molecule has 2 heterocycles. The number of nitrogens with zero attached hydrogens (tertiary/aromatic N) is 8. The molecule has 0 atom stereocenters. The molecule has 16 rings (SSSR count). The van der Waals surface area contributed by atoms with Gasteiger partial charge in [0, 0.05) is 0 Å². The highest BCUT2D eigenvalue weighted by Gasteiger charge is 2.19. The molecule has 440 valence electrons. The number of benzene rings is 14. The molecule has 0 bridgehead atoms. The zero-order chi connectivity index (χ0) is 63.4. The zero-order valence-corrected chi connectivity index (χ0v) is 51.1. The highest BCUT2D eigenvalue weighted by Crippen LogP contribution is 2.41. The number of halogens is 2. The smallest absolute Gasteiger partial charge is 0.423 e. The topological polar surface area (TPSA) is 149 Å². The van der Waals surface area contributed by atoms with Crippen LogP contribution in [0.1, 0.15) is 11.1 Å². The minimum atomic E-state index is -1.40. The third-order valence-corrected chi connectivity index (χ3v) is 17.3. The maximum atomic E-state index is 9.10. The van der Waals surface area contributed by atoms with Gasteiger partial charge in [-0.2, -0.15) is 20.1 Å². The van der Waals surface area contributed by atoms with Gasteiger partial charge in [-0.3, -0.25) is 0 Å². The molecular weight excluding hydrogens is 1190 g/mol. The van der Waals surface area contributed by atoms with Crippen LogP contribution in [-0.2, 0) is 0 Å². The third kappa shape index (κ3) is 12.4. The van der Waals surface area contributed by atoms with E-state index in [0.29, 0.717) is 37.7 Å². The molecular formula is C80H51BCl2N8O2. The van der Waals surface area contributed by atoms with Gasteiger partial charge in [-0.1, -0.05) is 248 Å². The first-order valence-electron chi connectivity index (χ1n) is 30.0. The van der Waals surface area contributed by atoms with Crippen molar-refractivity contribution < 1.29 is 10.0 Å². The van der Waals surface area contributed by atoms with Crippen molar-refractivity contribution in [1.82, 2.24) is 30.0 Å². The van der Waals surface area contributed by atoms with Gasteiger partial charge in [0.15, 0.2) is 0 Å². The number of rotatable bonds is 9. The second-order valence-electron chi connectivity index (χ2n) is 22.2. The van der Waals surface area contributed by atoms with Crippen LogP contribution in [0, 0.1) is 22.7 Å². The lowest BCUT2D eigenvalue weighted by Gasteiger charge is -2.14. The largest absolute Gasteiger partial charge is 0.489 e. The van der Waals surface area contributed by atoms with Crippen molar-refractivity contribution >= 4 is 90.2 Å². The number of nitriles is 2. The van der Waals surface area contributed by atoms with Gasteiger partial charge in [-0.15, -0.1) is 20.4 Å². The first-order chi connectivity index (χ1) is 45.6. The van der Waals surface area contributed by atoms with Crippen LogP contribution in [0.15, 0.2) is 297 Å². The third-order valence-electron chi connectivity index (χ3n) is 16.5. The van der Waals surface area contributed by atoms with Crippen LogP contribution in [0.5, 0.6) is 0 Å². The fourth-order valence-electron chi connectivity index (χ4n) is 11.7. The first kappa shape index (κ1) is 58.9. The number of fused-ring (bicyclic) bond motifs is 5. The first-order valence-corrected chi connectivity index (χ1v) is 30.7. The molecule has 0 saturated heterocycles. The predicted octanol–water partition coefficient (Wildman–Crippen LogP) is 18.7. The molecule has 0 fully saturated rings. The number of hydrogen-bond acceptors (Lipinski definition) is 8.